The van der Waals surface area contributed by atoms with Crippen molar-refractivity contribution in [1.82, 2.24) is 8.75 Å². The van der Waals surface area contributed by atoms with Crippen LogP contribution in [-0.4, -0.2) is 15.0 Å². The summed E-state index contributed by atoms with van der Waals surface area (Å²) < 4.78 is 13.0. The van der Waals surface area contributed by atoms with Crippen molar-refractivity contribution in [3.05, 3.63) is 41.6 Å². The highest BCUT2D eigenvalue weighted by atomic mass is 32.1. The molecule has 4 nitrogen and oxygen atoms in total. The average Bonchev–Trinajstić information content (AvgIpc) is 2.75. The van der Waals surface area contributed by atoms with Gasteiger partial charge in [0.1, 0.15) is 6.61 Å². The van der Waals surface area contributed by atoms with Gasteiger partial charge in [-0.15, -0.1) is 4.37 Å². The molecule has 1 aromatic heterocycles. The van der Waals surface area contributed by atoms with Gasteiger partial charge in [0, 0.05) is 0 Å². The minimum atomic E-state index is 0.260. The summed E-state index contributed by atoms with van der Waals surface area (Å²) in [6, 6.07) is 9.68. The number of carbonyl (C=O) groups is 1. The molecule has 1 heterocycles. The number of nitrogens with zero attached hydrogens (tertiary/aromatic N) is 2. The van der Waals surface area contributed by atoms with Crippen LogP contribution in [0.1, 0.15) is 16.1 Å². The van der Waals surface area contributed by atoms with Crippen molar-refractivity contribution in [3.63, 3.8) is 0 Å². The largest absolute Gasteiger partial charge is 0.471 e. The Labute approximate surface area is 90.9 Å². The fraction of sp³-hybridized carbons (Fsp3) is 0.100. The van der Waals surface area contributed by atoms with Gasteiger partial charge in [-0.1, -0.05) is 30.3 Å². The normalized spacial score (nSPS) is 9.87. The lowest BCUT2D eigenvalue weighted by Gasteiger charge is -2.02. The predicted octanol–water partition coefficient (Wildman–Crippen LogP) is 1.93. The summed E-state index contributed by atoms with van der Waals surface area (Å²) in [5.41, 5.74) is 1.29. The fourth-order valence-corrected chi connectivity index (χ4v) is 1.56. The van der Waals surface area contributed by atoms with E-state index in [0.717, 1.165) is 17.3 Å². The summed E-state index contributed by atoms with van der Waals surface area (Å²) in [6.07, 6.45) is 0.643. The molecule has 2 aromatic rings. The minimum Gasteiger partial charge on any atom is -0.471 e. The van der Waals surface area contributed by atoms with E-state index in [-0.39, 0.29) is 5.69 Å². The molecule has 1 aromatic carbocycles. The molecule has 0 atom stereocenters. The predicted molar refractivity (Wildman–Crippen MR) is 56.1 cm³/mol. The van der Waals surface area contributed by atoms with Crippen LogP contribution >= 0.6 is 11.7 Å². The number of hydrogen-bond acceptors (Lipinski definition) is 5. The second-order valence-electron chi connectivity index (χ2n) is 2.85. The zero-order valence-corrected chi connectivity index (χ0v) is 8.61. The summed E-state index contributed by atoms with van der Waals surface area (Å²) in [4.78, 5) is 10.5. The maximum atomic E-state index is 10.5. The van der Waals surface area contributed by atoms with E-state index in [1.165, 1.54) is 0 Å². The van der Waals surface area contributed by atoms with Crippen LogP contribution in [0.5, 0.6) is 5.88 Å². The number of ether oxygens (including phenoxy) is 1. The highest BCUT2D eigenvalue weighted by molar-refractivity contribution is 6.99. The monoisotopic (exact) mass is 220 g/mol. The first-order chi connectivity index (χ1) is 7.40. The highest BCUT2D eigenvalue weighted by Crippen LogP contribution is 2.14. The second kappa shape index (κ2) is 4.65. The Bertz CT molecular complexity index is 442. The van der Waals surface area contributed by atoms with Gasteiger partial charge in [-0.25, -0.2) is 0 Å². The van der Waals surface area contributed by atoms with E-state index in [9.17, 15) is 4.79 Å². The first kappa shape index (κ1) is 9.79. The van der Waals surface area contributed by atoms with Crippen molar-refractivity contribution in [1.29, 1.82) is 0 Å². The molecule has 15 heavy (non-hydrogen) atoms. The van der Waals surface area contributed by atoms with Crippen molar-refractivity contribution in [2.45, 2.75) is 6.61 Å². The lowest BCUT2D eigenvalue weighted by molar-refractivity contribution is 0.111. The van der Waals surface area contributed by atoms with Gasteiger partial charge in [0.05, 0.1) is 11.7 Å². The van der Waals surface area contributed by atoms with Gasteiger partial charge in [-0.3, -0.25) is 4.79 Å². The SMILES string of the molecule is O=Cc1nsnc1OCc1ccccc1. The molecule has 5 heteroatoms. The van der Waals surface area contributed by atoms with E-state index in [1.54, 1.807) is 0 Å². The molecule has 0 amide bonds. The van der Waals surface area contributed by atoms with E-state index in [1.807, 2.05) is 30.3 Å². The Balaban J connectivity index is 2.02. The standard InChI is InChI=1S/C10H8N2O2S/c13-6-9-10(12-15-11-9)14-7-8-4-2-1-3-5-8/h1-6H,7H2. The zero-order valence-electron chi connectivity index (χ0n) is 7.79. The molecule has 0 radical (unpaired) electrons. The zero-order chi connectivity index (χ0) is 10.5. The lowest BCUT2D eigenvalue weighted by Crippen LogP contribution is -1.97. The first-order valence-electron chi connectivity index (χ1n) is 4.34. The minimum absolute atomic E-state index is 0.260. The van der Waals surface area contributed by atoms with Crippen LogP contribution in [0.3, 0.4) is 0 Å². The molecule has 0 N–H and O–H groups in total. The molecule has 0 unspecified atom stereocenters. The molecule has 0 aliphatic heterocycles. The Kier molecular flexibility index (Phi) is 3.04. The Morgan fingerprint density at radius 3 is 2.80 bits per heavy atom. The summed E-state index contributed by atoms with van der Waals surface area (Å²) in [5, 5.41) is 0. The molecule has 2 rings (SSSR count). The Morgan fingerprint density at radius 2 is 2.07 bits per heavy atom. The summed E-state index contributed by atoms with van der Waals surface area (Å²) in [5.74, 6) is 0.304. The summed E-state index contributed by atoms with van der Waals surface area (Å²) >= 11 is 0.970. The molecule has 0 aliphatic carbocycles. The van der Waals surface area contributed by atoms with Crippen molar-refractivity contribution in [3.8, 4) is 5.88 Å². The number of aromatic nitrogens is 2. The topological polar surface area (TPSA) is 52.1 Å². The van der Waals surface area contributed by atoms with E-state index in [0.29, 0.717) is 18.8 Å². The second-order valence-corrected chi connectivity index (χ2v) is 3.38. The third kappa shape index (κ3) is 2.38. The first-order valence-corrected chi connectivity index (χ1v) is 5.07. The van der Waals surface area contributed by atoms with E-state index in [2.05, 4.69) is 8.75 Å². The third-order valence-electron chi connectivity index (χ3n) is 1.81. The van der Waals surface area contributed by atoms with Gasteiger partial charge >= 0.3 is 0 Å². The van der Waals surface area contributed by atoms with Crippen LogP contribution in [0.25, 0.3) is 0 Å². The quantitative estimate of drug-likeness (QED) is 0.739. The smallest absolute Gasteiger partial charge is 0.257 e. The molecular weight excluding hydrogens is 212 g/mol. The van der Waals surface area contributed by atoms with Crippen molar-refractivity contribution in [2.75, 3.05) is 0 Å². The molecule has 0 saturated heterocycles. The summed E-state index contributed by atoms with van der Waals surface area (Å²) in [6.45, 7) is 0.396. The number of hydrogen-bond donors (Lipinski definition) is 0. The van der Waals surface area contributed by atoms with Crippen molar-refractivity contribution in [2.24, 2.45) is 0 Å². The van der Waals surface area contributed by atoms with Crippen molar-refractivity contribution >= 4 is 18.0 Å². The van der Waals surface area contributed by atoms with Gasteiger partial charge < -0.3 is 4.74 Å². The van der Waals surface area contributed by atoms with Crippen LogP contribution in [0.15, 0.2) is 30.3 Å². The van der Waals surface area contributed by atoms with Crippen LogP contribution in [0, 0.1) is 0 Å². The van der Waals surface area contributed by atoms with E-state index in [4.69, 9.17) is 4.74 Å². The maximum absolute atomic E-state index is 10.5. The summed E-state index contributed by atoms with van der Waals surface area (Å²) in [7, 11) is 0. The number of rotatable bonds is 4. The molecule has 0 spiro atoms. The molecule has 0 bridgehead atoms. The third-order valence-corrected chi connectivity index (χ3v) is 2.34. The Hall–Kier alpha value is -1.75. The van der Waals surface area contributed by atoms with Crippen LogP contribution in [-0.2, 0) is 6.61 Å². The fourth-order valence-electron chi connectivity index (χ4n) is 1.09. The Morgan fingerprint density at radius 1 is 1.27 bits per heavy atom. The van der Waals surface area contributed by atoms with Gasteiger partial charge in [0.2, 0.25) is 0 Å². The molecule has 0 aliphatic rings. The molecule has 0 fully saturated rings. The average molecular weight is 220 g/mol. The molecular formula is C10H8N2O2S. The van der Waals surface area contributed by atoms with Crippen molar-refractivity contribution < 1.29 is 9.53 Å². The number of carbonyl (C=O) groups excluding carboxylic acids is 1. The van der Waals surface area contributed by atoms with Gasteiger partial charge in [-0.2, -0.15) is 4.37 Å². The number of benzene rings is 1. The van der Waals surface area contributed by atoms with E-state index >= 15 is 0 Å². The molecule has 0 saturated carbocycles. The lowest BCUT2D eigenvalue weighted by atomic mass is 10.2. The molecule has 76 valence electrons. The van der Waals surface area contributed by atoms with Gasteiger partial charge in [0.25, 0.3) is 5.88 Å². The van der Waals surface area contributed by atoms with Gasteiger partial charge in [0.15, 0.2) is 12.0 Å². The highest BCUT2D eigenvalue weighted by Gasteiger charge is 2.07. The van der Waals surface area contributed by atoms with Gasteiger partial charge in [-0.05, 0) is 5.56 Å². The van der Waals surface area contributed by atoms with Crippen LogP contribution in [0.2, 0.25) is 0 Å². The number of aldehydes is 1. The van der Waals surface area contributed by atoms with Crippen LogP contribution in [0.4, 0.5) is 0 Å². The van der Waals surface area contributed by atoms with Crippen LogP contribution < -0.4 is 4.74 Å². The maximum Gasteiger partial charge on any atom is 0.257 e. The van der Waals surface area contributed by atoms with E-state index < -0.39 is 0 Å².